The third kappa shape index (κ3) is 3.18. The van der Waals surface area contributed by atoms with Crippen LogP contribution in [0.3, 0.4) is 0 Å². The fourth-order valence-corrected chi connectivity index (χ4v) is 3.80. The molecule has 0 N–H and O–H groups in total. The van der Waals surface area contributed by atoms with Crippen LogP contribution in [0.4, 0.5) is 11.4 Å². The quantitative estimate of drug-likeness (QED) is 0.779. The molecule has 0 aliphatic carbocycles. The summed E-state index contributed by atoms with van der Waals surface area (Å²) >= 11 is 0. The van der Waals surface area contributed by atoms with Crippen LogP contribution in [0.15, 0.2) is 24.3 Å². The lowest BCUT2D eigenvalue weighted by molar-refractivity contribution is -0.122. The van der Waals surface area contributed by atoms with Gasteiger partial charge in [0.1, 0.15) is 0 Å². The van der Waals surface area contributed by atoms with Crippen molar-refractivity contribution in [1.29, 1.82) is 0 Å². The van der Waals surface area contributed by atoms with E-state index in [-0.39, 0.29) is 24.3 Å². The summed E-state index contributed by atoms with van der Waals surface area (Å²) in [6.07, 6.45) is 4.05. The summed E-state index contributed by atoms with van der Waals surface area (Å²) in [5.74, 6) is -0.183. The Morgan fingerprint density at radius 1 is 0.958 bits per heavy atom. The maximum Gasteiger partial charge on any atom is 0.251 e. The van der Waals surface area contributed by atoms with E-state index in [0.29, 0.717) is 5.69 Å². The molecule has 1 aromatic rings. The van der Waals surface area contributed by atoms with E-state index in [4.69, 9.17) is 0 Å². The third-order valence-electron chi connectivity index (χ3n) is 5.21. The van der Waals surface area contributed by atoms with Crippen LogP contribution < -0.4 is 9.80 Å². The molecule has 2 fully saturated rings. The van der Waals surface area contributed by atoms with Crippen LogP contribution in [0.25, 0.3) is 0 Å². The lowest BCUT2D eigenvalue weighted by atomic mass is 10.1. The Kier molecular flexibility index (Phi) is 5.19. The zero-order valence-corrected chi connectivity index (χ0v) is 14.7. The summed E-state index contributed by atoms with van der Waals surface area (Å²) in [4.78, 5) is 30.9. The molecule has 0 bridgehead atoms. The largest absolute Gasteiger partial charge is 0.372 e. The second kappa shape index (κ2) is 7.34. The number of benzene rings is 1. The summed E-state index contributed by atoms with van der Waals surface area (Å²) in [6.45, 7) is 7.79. The number of anilines is 2. The van der Waals surface area contributed by atoms with Crippen molar-refractivity contribution in [2.45, 2.75) is 45.6 Å². The van der Waals surface area contributed by atoms with Gasteiger partial charge < -0.3 is 4.90 Å². The number of nitrogens with zero attached hydrogens (tertiary/aromatic N) is 3. The molecule has 1 unspecified atom stereocenters. The van der Waals surface area contributed by atoms with Crippen molar-refractivity contribution in [2.24, 2.45) is 0 Å². The number of carbonyl (C=O) groups excluding carboxylic acids is 2. The first-order chi connectivity index (χ1) is 11.7. The number of amides is 2. The lowest BCUT2D eigenvalue weighted by Crippen LogP contribution is -2.42. The van der Waals surface area contributed by atoms with Crippen molar-refractivity contribution in [3.63, 3.8) is 0 Å². The molecule has 2 heterocycles. The molecule has 2 aliphatic rings. The van der Waals surface area contributed by atoms with Crippen LogP contribution >= 0.6 is 0 Å². The van der Waals surface area contributed by atoms with Gasteiger partial charge in [-0.3, -0.25) is 14.5 Å². The standard InChI is InChI=1S/C19H27N3O2/c1-3-20(4-2)17-14-18(23)22(19(17)24)16-10-8-15(9-11-16)21-12-6-5-7-13-21/h8-11,17H,3-7,12-14H2,1-2H3. The van der Waals surface area contributed by atoms with Gasteiger partial charge >= 0.3 is 0 Å². The van der Waals surface area contributed by atoms with Crippen molar-refractivity contribution >= 4 is 23.2 Å². The topological polar surface area (TPSA) is 43.9 Å². The molecule has 0 spiro atoms. The van der Waals surface area contributed by atoms with Gasteiger partial charge in [0.25, 0.3) is 5.91 Å². The summed E-state index contributed by atoms with van der Waals surface area (Å²) in [7, 11) is 0. The Morgan fingerprint density at radius 3 is 2.12 bits per heavy atom. The minimum absolute atomic E-state index is 0.0885. The van der Waals surface area contributed by atoms with Crippen LogP contribution in [0, 0.1) is 0 Å². The van der Waals surface area contributed by atoms with E-state index in [9.17, 15) is 9.59 Å². The smallest absolute Gasteiger partial charge is 0.251 e. The maximum absolute atomic E-state index is 12.7. The van der Waals surface area contributed by atoms with Gasteiger partial charge in [-0.1, -0.05) is 13.8 Å². The van der Waals surface area contributed by atoms with Crippen molar-refractivity contribution in [3.8, 4) is 0 Å². The van der Waals surface area contributed by atoms with Crippen LogP contribution in [0.5, 0.6) is 0 Å². The van der Waals surface area contributed by atoms with E-state index in [1.807, 2.05) is 38.1 Å². The molecule has 0 aromatic heterocycles. The van der Waals surface area contributed by atoms with E-state index in [2.05, 4.69) is 9.80 Å². The van der Waals surface area contributed by atoms with Gasteiger partial charge in [0, 0.05) is 18.8 Å². The summed E-state index contributed by atoms with van der Waals surface area (Å²) in [5.41, 5.74) is 1.87. The second-order valence-electron chi connectivity index (χ2n) is 6.57. The number of imide groups is 1. The van der Waals surface area contributed by atoms with E-state index >= 15 is 0 Å². The molecular weight excluding hydrogens is 302 g/mol. The Hall–Kier alpha value is -1.88. The molecule has 1 aromatic carbocycles. The molecule has 0 saturated carbocycles. The van der Waals surface area contributed by atoms with Crippen LogP contribution in [-0.2, 0) is 9.59 Å². The highest BCUT2D eigenvalue weighted by atomic mass is 16.2. The number of hydrogen-bond donors (Lipinski definition) is 0. The second-order valence-corrected chi connectivity index (χ2v) is 6.57. The number of likely N-dealkylation sites (N-methyl/N-ethyl adjacent to an activating group) is 1. The van der Waals surface area contributed by atoms with Gasteiger partial charge in [-0.05, 0) is 56.6 Å². The Bertz CT molecular complexity index is 589. The van der Waals surface area contributed by atoms with Crippen molar-refractivity contribution in [2.75, 3.05) is 36.0 Å². The molecule has 5 nitrogen and oxygen atoms in total. The zero-order chi connectivity index (χ0) is 17.1. The molecule has 5 heteroatoms. The highest BCUT2D eigenvalue weighted by Crippen LogP contribution is 2.28. The summed E-state index contributed by atoms with van der Waals surface area (Å²) in [6, 6.07) is 7.57. The van der Waals surface area contributed by atoms with E-state index in [0.717, 1.165) is 26.2 Å². The Morgan fingerprint density at radius 2 is 1.54 bits per heavy atom. The Labute approximate surface area is 144 Å². The van der Waals surface area contributed by atoms with Gasteiger partial charge in [-0.15, -0.1) is 0 Å². The highest BCUT2D eigenvalue weighted by Gasteiger charge is 2.41. The van der Waals surface area contributed by atoms with Crippen LogP contribution in [-0.4, -0.2) is 48.9 Å². The van der Waals surface area contributed by atoms with E-state index < -0.39 is 0 Å². The first-order valence-corrected chi connectivity index (χ1v) is 9.11. The van der Waals surface area contributed by atoms with Gasteiger partial charge in [-0.2, -0.15) is 0 Å². The zero-order valence-electron chi connectivity index (χ0n) is 14.7. The maximum atomic E-state index is 12.7. The normalized spacial score (nSPS) is 21.9. The number of carbonyl (C=O) groups is 2. The fraction of sp³-hybridized carbons (Fsp3) is 0.579. The van der Waals surface area contributed by atoms with E-state index in [1.165, 1.54) is 29.8 Å². The SMILES string of the molecule is CCN(CC)C1CC(=O)N(c2ccc(N3CCCCC3)cc2)C1=O. The number of rotatable bonds is 5. The Balaban J connectivity index is 1.76. The molecule has 24 heavy (non-hydrogen) atoms. The van der Waals surface area contributed by atoms with Crippen molar-refractivity contribution in [3.05, 3.63) is 24.3 Å². The van der Waals surface area contributed by atoms with Gasteiger partial charge in [0.15, 0.2) is 0 Å². The highest BCUT2D eigenvalue weighted by molar-refractivity contribution is 6.22. The van der Waals surface area contributed by atoms with Gasteiger partial charge in [0.2, 0.25) is 5.91 Å². The minimum atomic E-state index is -0.311. The molecule has 2 saturated heterocycles. The van der Waals surface area contributed by atoms with Gasteiger partial charge in [0.05, 0.1) is 18.2 Å². The molecule has 3 rings (SSSR count). The summed E-state index contributed by atoms with van der Waals surface area (Å²) < 4.78 is 0. The van der Waals surface area contributed by atoms with Crippen LogP contribution in [0.1, 0.15) is 39.5 Å². The first kappa shape index (κ1) is 17.0. The molecule has 2 amide bonds. The monoisotopic (exact) mass is 329 g/mol. The average Bonchev–Trinajstić information content (AvgIpc) is 2.92. The van der Waals surface area contributed by atoms with Crippen LogP contribution in [0.2, 0.25) is 0 Å². The molecule has 130 valence electrons. The average molecular weight is 329 g/mol. The molecule has 1 atom stereocenters. The van der Waals surface area contributed by atoms with E-state index in [1.54, 1.807) is 0 Å². The summed E-state index contributed by atoms with van der Waals surface area (Å²) in [5, 5.41) is 0. The molecular formula is C19H27N3O2. The molecule has 0 radical (unpaired) electrons. The predicted octanol–water partition coefficient (Wildman–Crippen LogP) is 2.65. The molecule has 2 aliphatic heterocycles. The number of piperidine rings is 1. The fourth-order valence-electron chi connectivity index (χ4n) is 3.80. The first-order valence-electron chi connectivity index (χ1n) is 9.11. The third-order valence-corrected chi connectivity index (χ3v) is 5.21. The minimum Gasteiger partial charge on any atom is -0.372 e. The predicted molar refractivity (Wildman–Crippen MR) is 96.3 cm³/mol. The lowest BCUT2D eigenvalue weighted by Gasteiger charge is -2.29. The van der Waals surface area contributed by atoms with Crippen molar-refractivity contribution in [1.82, 2.24) is 4.90 Å². The number of hydrogen-bond acceptors (Lipinski definition) is 4. The van der Waals surface area contributed by atoms with Crippen molar-refractivity contribution < 1.29 is 9.59 Å². The van der Waals surface area contributed by atoms with Gasteiger partial charge in [-0.25, -0.2) is 4.90 Å².